The average Bonchev–Trinajstić information content (AvgIpc) is 3.47. The number of ether oxygens (including phenoxy) is 3. The van der Waals surface area contributed by atoms with Gasteiger partial charge in [0.15, 0.2) is 5.72 Å². The van der Waals surface area contributed by atoms with Crippen molar-refractivity contribution in [3.8, 4) is 5.75 Å². The van der Waals surface area contributed by atoms with Crippen LogP contribution in [0.5, 0.6) is 5.75 Å². The lowest BCUT2D eigenvalue weighted by Gasteiger charge is -2.25. The van der Waals surface area contributed by atoms with E-state index >= 15 is 0 Å². The molecule has 0 aliphatic carbocycles. The molecule has 0 saturated carbocycles. The Labute approximate surface area is 164 Å². The summed E-state index contributed by atoms with van der Waals surface area (Å²) in [5.41, 5.74) is 1.37. The maximum Gasteiger partial charge on any atom is 0.217 e. The summed E-state index contributed by atoms with van der Waals surface area (Å²) in [6.07, 6.45) is 0. The van der Waals surface area contributed by atoms with Crippen molar-refractivity contribution >= 4 is 5.91 Å². The zero-order valence-corrected chi connectivity index (χ0v) is 16.0. The summed E-state index contributed by atoms with van der Waals surface area (Å²) in [5, 5.41) is 6.24. The summed E-state index contributed by atoms with van der Waals surface area (Å²) >= 11 is 0. The van der Waals surface area contributed by atoms with Crippen LogP contribution in [0.2, 0.25) is 0 Å². The van der Waals surface area contributed by atoms with Crippen molar-refractivity contribution in [1.82, 2.24) is 10.6 Å². The average molecular weight is 388 g/mol. The Morgan fingerprint density at radius 1 is 1.18 bits per heavy atom. The number of carbonyl (C=O) groups is 1. The molecule has 1 saturated heterocycles. The van der Waals surface area contributed by atoms with E-state index in [1.807, 2.05) is 24.3 Å². The first kappa shape index (κ1) is 20.3. The topological polar surface area (TPSA) is 72.1 Å². The minimum atomic E-state index is -0.598. The lowest BCUT2D eigenvalue weighted by atomic mass is 10.1. The highest BCUT2D eigenvalue weighted by Gasteiger charge is 2.52. The van der Waals surface area contributed by atoms with Gasteiger partial charge in [-0.2, -0.15) is 0 Å². The molecule has 1 aliphatic heterocycles. The van der Waals surface area contributed by atoms with Crippen LogP contribution in [0.1, 0.15) is 18.1 Å². The molecule has 0 aromatic heterocycles. The maximum atomic E-state index is 12.9. The minimum Gasteiger partial charge on any atom is -0.489 e. The molecular weight excluding hydrogens is 363 g/mol. The van der Waals surface area contributed by atoms with Crippen molar-refractivity contribution in [2.45, 2.75) is 31.8 Å². The Morgan fingerprint density at radius 2 is 1.82 bits per heavy atom. The van der Waals surface area contributed by atoms with E-state index in [1.54, 1.807) is 19.2 Å². The summed E-state index contributed by atoms with van der Waals surface area (Å²) in [4.78, 5) is 11.4. The predicted molar refractivity (Wildman–Crippen MR) is 102 cm³/mol. The number of rotatable bonds is 10. The third-order valence-electron chi connectivity index (χ3n) is 4.56. The van der Waals surface area contributed by atoms with Crippen molar-refractivity contribution in [2.75, 3.05) is 20.3 Å². The summed E-state index contributed by atoms with van der Waals surface area (Å²) in [6, 6.07) is 13.7. The molecule has 1 amide bonds. The number of epoxide rings is 1. The third kappa shape index (κ3) is 5.51. The van der Waals surface area contributed by atoms with Crippen LogP contribution in [-0.2, 0) is 27.4 Å². The molecule has 2 aromatic carbocycles. The van der Waals surface area contributed by atoms with Gasteiger partial charge in [0, 0.05) is 20.6 Å². The van der Waals surface area contributed by atoms with Crippen molar-refractivity contribution in [2.24, 2.45) is 0 Å². The van der Waals surface area contributed by atoms with Crippen molar-refractivity contribution in [3.63, 3.8) is 0 Å². The van der Waals surface area contributed by atoms with Gasteiger partial charge in [-0.15, -0.1) is 0 Å². The molecule has 1 heterocycles. The van der Waals surface area contributed by atoms with E-state index < -0.39 is 5.72 Å². The monoisotopic (exact) mass is 388 g/mol. The second-order valence-corrected chi connectivity index (χ2v) is 6.80. The van der Waals surface area contributed by atoms with Gasteiger partial charge >= 0.3 is 0 Å². The first-order valence-electron chi connectivity index (χ1n) is 9.12. The first-order chi connectivity index (χ1) is 13.5. The van der Waals surface area contributed by atoms with Gasteiger partial charge in [-0.05, 0) is 35.4 Å². The number of amides is 1. The van der Waals surface area contributed by atoms with Crippen LogP contribution in [0.4, 0.5) is 4.39 Å². The molecular formula is C21H25FN2O4. The van der Waals surface area contributed by atoms with E-state index in [1.165, 1.54) is 19.1 Å². The second-order valence-electron chi connectivity index (χ2n) is 6.80. The van der Waals surface area contributed by atoms with Gasteiger partial charge in [-0.25, -0.2) is 4.39 Å². The summed E-state index contributed by atoms with van der Waals surface area (Å²) in [7, 11) is 1.59. The number of carbonyl (C=O) groups excluding carboxylic acids is 1. The number of benzene rings is 2. The van der Waals surface area contributed by atoms with Gasteiger partial charge < -0.3 is 19.5 Å². The molecule has 7 heteroatoms. The van der Waals surface area contributed by atoms with Crippen molar-refractivity contribution in [1.29, 1.82) is 0 Å². The van der Waals surface area contributed by atoms with E-state index in [4.69, 9.17) is 14.2 Å². The highest BCUT2D eigenvalue weighted by molar-refractivity contribution is 5.73. The largest absolute Gasteiger partial charge is 0.489 e. The normalized spacial score (nSPS) is 19.1. The smallest absolute Gasteiger partial charge is 0.217 e. The van der Waals surface area contributed by atoms with Crippen LogP contribution in [0, 0.1) is 5.82 Å². The molecule has 2 atom stereocenters. The number of hydrogen-bond donors (Lipinski definition) is 2. The maximum absolute atomic E-state index is 12.9. The predicted octanol–water partition coefficient (Wildman–Crippen LogP) is 2.37. The summed E-state index contributed by atoms with van der Waals surface area (Å²) < 4.78 is 29.4. The Balaban J connectivity index is 1.51. The van der Waals surface area contributed by atoms with E-state index in [9.17, 15) is 9.18 Å². The van der Waals surface area contributed by atoms with Crippen LogP contribution in [-0.4, -0.2) is 38.0 Å². The van der Waals surface area contributed by atoms with E-state index in [-0.39, 0.29) is 17.8 Å². The fraction of sp³-hybridized carbons (Fsp3) is 0.381. The Morgan fingerprint density at radius 3 is 2.39 bits per heavy atom. The van der Waals surface area contributed by atoms with E-state index in [2.05, 4.69) is 10.6 Å². The molecule has 0 bridgehead atoms. The lowest BCUT2D eigenvalue weighted by molar-refractivity contribution is -0.120. The number of methoxy groups -OCH3 is 1. The van der Waals surface area contributed by atoms with Crippen LogP contribution in [0.15, 0.2) is 48.5 Å². The molecule has 2 aromatic rings. The molecule has 2 unspecified atom stereocenters. The first-order valence-corrected chi connectivity index (χ1v) is 9.12. The number of halogens is 1. The van der Waals surface area contributed by atoms with Crippen LogP contribution >= 0.6 is 0 Å². The minimum absolute atomic E-state index is 0.124. The molecule has 0 spiro atoms. The lowest BCUT2D eigenvalue weighted by Crippen LogP contribution is -2.54. The van der Waals surface area contributed by atoms with Crippen LogP contribution in [0.3, 0.4) is 0 Å². The molecule has 1 aliphatic rings. The number of hydrogen-bond acceptors (Lipinski definition) is 5. The van der Waals surface area contributed by atoms with Gasteiger partial charge in [0.05, 0.1) is 19.3 Å². The van der Waals surface area contributed by atoms with Gasteiger partial charge in [-0.1, -0.05) is 24.3 Å². The number of nitrogens with one attached hydrogen (secondary N) is 2. The Bertz CT molecular complexity index is 776. The fourth-order valence-electron chi connectivity index (χ4n) is 2.91. The van der Waals surface area contributed by atoms with Crippen LogP contribution < -0.4 is 15.4 Å². The third-order valence-corrected chi connectivity index (χ3v) is 4.56. The Hall–Kier alpha value is -2.48. The van der Waals surface area contributed by atoms with Gasteiger partial charge in [0.2, 0.25) is 5.91 Å². The second kappa shape index (κ2) is 9.14. The van der Waals surface area contributed by atoms with E-state index in [0.29, 0.717) is 26.4 Å². The van der Waals surface area contributed by atoms with Crippen molar-refractivity contribution < 1.29 is 23.4 Å². The fourth-order valence-corrected chi connectivity index (χ4v) is 2.91. The van der Waals surface area contributed by atoms with Gasteiger partial charge in [0.1, 0.15) is 18.2 Å². The summed E-state index contributed by atoms with van der Waals surface area (Å²) in [5.74, 6) is 0.353. The van der Waals surface area contributed by atoms with Crippen molar-refractivity contribution in [3.05, 3.63) is 65.5 Å². The molecule has 0 radical (unpaired) electrons. The molecule has 28 heavy (non-hydrogen) atoms. The van der Waals surface area contributed by atoms with E-state index in [0.717, 1.165) is 16.9 Å². The highest BCUT2D eigenvalue weighted by Crippen LogP contribution is 2.29. The van der Waals surface area contributed by atoms with Crippen LogP contribution in [0.25, 0.3) is 0 Å². The zero-order valence-electron chi connectivity index (χ0n) is 16.0. The Kier molecular flexibility index (Phi) is 6.61. The van der Waals surface area contributed by atoms with Gasteiger partial charge in [0.25, 0.3) is 0 Å². The molecule has 1 fully saturated rings. The zero-order chi connectivity index (χ0) is 20.0. The molecule has 6 nitrogen and oxygen atoms in total. The standard InChI is InChI=1S/C21H25FN2O4/c1-15(25)24-20(13-26-2)21(14-28-21)23-11-16-5-9-19(10-6-16)27-12-17-3-7-18(22)8-4-17/h3-10,20,23H,11-14H2,1-2H3,(H,24,25). The molecule has 150 valence electrons. The molecule has 2 N–H and O–H groups in total. The van der Waals surface area contributed by atoms with Gasteiger partial charge in [-0.3, -0.25) is 10.1 Å². The summed E-state index contributed by atoms with van der Waals surface area (Å²) in [6.45, 7) is 3.31. The SMILES string of the molecule is COCC(NC(C)=O)C1(NCc2ccc(OCc3ccc(F)cc3)cc2)CO1. The molecule has 3 rings (SSSR count). The highest BCUT2D eigenvalue weighted by atomic mass is 19.1. The quantitative estimate of drug-likeness (QED) is 0.612.